The van der Waals surface area contributed by atoms with Gasteiger partial charge in [0.05, 0.1) is 0 Å². The van der Waals surface area contributed by atoms with Crippen molar-refractivity contribution in [2.24, 2.45) is 0 Å². The zero-order chi connectivity index (χ0) is 11.4. The molecule has 1 aliphatic carbocycles. The second-order valence-corrected chi connectivity index (χ2v) is 5.28. The molecule has 0 bridgehead atoms. The number of nitrogens with one attached hydrogen (secondary N) is 1. The molecule has 2 rings (SSSR count). The van der Waals surface area contributed by atoms with Crippen LogP contribution in [0.4, 0.5) is 4.39 Å². The summed E-state index contributed by atoms with van der Waals surface area (Å²) in [6, 6.07) is 5.56. The third kappa shape index (κ3) is 3.29. The molecule has 1 aliphatic rings. The van der Waals surface area contributed by atoms with E-state index in [9.17, 15) is 4.39 Å². The Bertz CT molecular complexity index is 348. The number of benzene rings is 1. The number of hydrogen-bond donors (Lipinski definition) is 1. The lowest BCUT2D eigenvalue weighted by Crippen LogP contribution is -2.28. The molecule has 0 radical (unpaired) electrons. The van der Waals surface area contributed by atoms with Gasteiger partial charge in [-0.25, -0.2) is 4.39 Å². The van der Waals surface area contributed by atoms with Gasteiger partial charge in [0.2, 0.25) is 0 Å². The number of hydrogen-bond acceptors (Lipinski definition) is 1. The van der Waals surface area contributed by atoms with E-state index in [1.165, 1.54) is 31.7 Å². The summed E-state index contributed by atoms with van der Waals surface area (Å²) < 4.78 is 14.0. The highest BCUT2D eigenvalue weighted by Gasteiger charge is 2.13. The lowest BCUT2D eigenvalue weighted by atomic mass is 10.1. The highest BCUT2D eigenvalue weighted by molar-refractivity contribution is 9.10. The Labute approximate surface area is 105 Å². The lowest BCUT2D eigenvalue weighted by Gasteiger charge is -2.12. The van der Waals surface area contributed by atoms with Gasteiger partial charge < -0.3 is 5.32 Å². The van der Waals surface area contributed by atoms with Crippen LogP contribution in [-0.4, -0.2) is 12.6 Å². The predicted molar refractivity (Wildman–Crippen MR) is 68.1 cm³/mol. The van der Waals surface area contributed by atoms with E-state index in [1.54, 1.807) is 12.1 Å². The van der Waals surface area contributed by atoms with Gasteiger partial charge in [-0.3, -0.25) is 0 Å². The van der Waals surface area contributed by atoms with E-state index in [4.69, 9.17) is 0 Å². The largest absolute Gasteiger partial charge is 0.314 e. The fourth-order valence-electron chi connectivity index (χ4n) is 2.28. The van der Waals surface area contributed by atoms with Gasteiger partial charge in [-0.15, -0.1) is 0 Å². The topological polar surface area (TPSA) is 12.0 Å². The van der Waals surface area contributed by atoms with Gasteiger partial charge in [0, 0.05) is 10.5 Å². The van der Waals surface area contributed by atoms with E-state index < -0.39 is 0 Å². The van der Waals surface area contributed by atoms with Crippen LogP contribution in [0.2, 0.25) is 0 Å². The van der Waals surface area contributed by atoms with Crippen molar-refractivity contribution in [2.75, 3.05) is 6.54 Å². The molecular formula is C13H17BrFN. The predicted octanol–water partition coefficient (Wildman–Crippen LogP) is 3.66. The molecule has 1 saturated carbocycles. The molecule has 0 aliphatic heterocycles. The second kappa shape index (κ2) is 5.78. The summed E-state index contributed by atoms with van der Waals surface area (Å²) in [6.07, 6.45) is 6.17. The molecule has 16 heavy (non-hydrogen) atoms. The Hall–Kier alpha value is -0.410. The Balaban J connectivity index is 1.82. The Morgan fingerprint density at radius 1 is 1.31 bits per heavy atom. The zero-order valence-corrected chi connectivity index (χ0v) is 10.9. The van der Waals surface area contributed by atoms with Gasteiger partial charge in [0.15, 0.2) is 0 Å². The molecule has 0 spiro atoms. The Kier molecular flexibility index (Phi) is 4.36. The molecular weight excluding hydrogens is 269 g/mol. The minimum absolute atomic E-state index is 0.154. The SMILES string of the molecule is Fc1ccc(Br)c(CCNC2CCCC2)c1. The van der Waals surface area contributed by atoms with Crippen LogP contribution in [0.25, 0.3) is 0 Å². The maximum Gasteiger partial charge on any atom is 0.123 e. The Morgan fingerprint density at radius 2 is 2.06 bits per heavy atom. The van der Waals surface area contributed by atoms with Crippen molar-refractivity contribution < 1.29 is 4.39 Å². The molecule has 0 amide bonds. The molecule has 0 saturated heterocycles. The van der Waals surface area contributed by atoms with Gasteiger partial charge in [-0.2, -0.15) is 0 Å². The van der Waals surface area contributed by atoms with Crippen LogP contribution in [0.1, 0.15) is 31.2 Å². The first-order valence-electron chi connectivity index (χ1n) is 5.93. The number of rotatable bonds is 4. The number of halogens is 2. The first-order valence-corrected chi connectivity index (χ1v) is 6.72. The first kappa shape index (κ1) is 12.1. The maximum atomic E-state index is 13.0. The van der Waals surface area contributed by atoms with Crippen molar-refractivity contribution in [3.05, 3.63) is 34.1 Å². The monoisotopic (exact) mass is 285 g/mol. The third-order valence-electron chi connectivity index (χ3n) is 3.19. The second-order valence-electron chi connectivity index (χ2n) is 4.42. The molecule has 1 fully saturated rings. The summed E-state index contributed by atoms with van der Waals surface area (Å²) in [5, 5.41) is 3.53. The van der Waals surface area contributed by atoms with Gasteiger partial charge in [0.25, 0.3) is 0 Å². The Morgan fingerprint density at radius 3 is 2.81 bits per heavy atom. The highest BCUT2D eigenvalue weighted by atomic mass is 79.9. The van der Waals surface area contributed by atoms with E-state index in [2.05, 4.69) is 21.2 Å². The fourth-order valence-corrected chi connectivity index (χ4v) is 2.72. The summed E-state index contributed by atoms with van der Waals surface area (Å²) in [7, 11) is 0. The lowest BCUT2D eigenvalue weighted by molar-refractivity contribution is 0.526. The first-order chi connectivity index (χ1) is 7.75. The van der Waals surface area contributed by atoms with Gasteiger partial charge in [0.1, 0.15) is 5.82 Å². The molecule has 0 atom stereocenters. The van der Waals surface area contributed by atoms with E-state index in [-0.39, 0.29) is 5.82 Å². The van der Waals surface area contributed by atoms with Crippen LogP contribution in [0.3, 0.4) is 0 Å². The molecule has 1 aromatic rings. The van der Waals surface area contributed by atoms with E-state index in [0.29, 0.717) is 6.04 Å². The van der Waals surface area contributed by atoms with E-state index in [0.717, 1.165) is 23.0 Å². The quantitative estimate of drug-likeness (QED) is 0.890. The van der Waals surface area contributed by atoms with Crippen LogP contribution >= 0.6 is 15.9 Å². The summed E-state index contributed by atoms with van der Waals surface area (Å²) >= 11 is 3.45. The van der Waals surface area contributed by atoms with E-state index >= 15 is 0 Å². The highest BCUT2D eigenvalue weighted by Crippen LogP contribution is 2.19. The molecule has 3 heteroatoms. The molecule has 1 aromatic carbocycles. The molecule has 0 unspecified atom stereocenters. The van der Waals surface area contributed by atoms with Crippen molar-refractivity contribution in [1.82, 2.24) is 5.32 Å². The fraction of sp³-hybridized carbons (Fsp3) is 0.538. The zero-order valence-electron chi connectivity index (χ0n) is 9.31. The summed E-state index contributed by atoms with van der Waals surface area (Å²) in [5.74, 6) is -0.154. The minimum atomic E-state index is -0.154. The third-order valence-corrected chi connectivity index (χ3v) is 3.96. The standard InChI is InChI=1S/C13H17BrFN/c14-13-6-5-11(15)9-10(13)7-8-16-12-3-1-2-4-12/h5-6,9,12,16H,1-4,7-8H2. The maximum absolute atomic E-state index is 13.0. The van der Waals surface area contributed by atoms with Crippen LogP contribution in [0, 0.1) is 5.82 Å². The normalized spacial score (nSPS) is 16.9. The molecule has 1 N–H and O–H groups in total. The van der Waals surface area contributed by atoms with Crippen molar-refractivity contribution in [2.45, 2.75) is 38.1 Å². The summed E-state index contributed by atoms with van der Waals surface area (Å²) in [4.78, 5) is 0. The van der Waals surface area contributed by atoms with Crippen molar-refractivity contribution in [3.63, 3.8) is 0 Å². The smallest absolute Gasteiger partial charge is 0.123 e. The average Bonchev–Trinajstić information content (AvgIpc) is 2.76. The van der Waals surface area contributed by atoms with Crippen LogP contribution in [-0.2, 0) is 6.42 Å². The summed E-state index contributed by atoms with van der Waals surface area (Å²) in [5.41, 5.74) is 1.05. The van der Waals surface area contributed by atoms with Crippen molar-refractivity contribution >= 4 is 15.9 Å². The van der Waals surface area contributed by atoms with Crippen LogP contribution in [0.15, 0.2) is 22.7 Å². The van der Waals surface area contributed by atoms with Crippen LogP contribution < -0.4 is 5.32 Å². The van der Waals surface area contributed by atoms with Crippen molar-refractivity contribution in [1.29, 1.82) is 0 Å². The van der Waals surface area contributed by atoms with Gasteiger partial charge in [-0.05, 0) is 49.6 Å². The molecule has 0 aromatic heterocycles. The average molecular weight is 286 g/mol. The molecule has 1 nitrogen and oxygen atoms in total. The van der Waals surface area contributed by atoms with Crippen molar-refractivity contribution in [3.8, 4) is 0 Å². The summed E-state index contributed by atoms with van der Waals surface area (Å²) in [6.45, 7) is 0.937. The van der Waals surface area contributed by atoms with Gasteiger partial charge in [-0.1, -0.05) is 28.8 Å². The molecule has 0 heterocycles. The van der Waals surface area contributed by atoms with Gasteiger partial charge >= 0.3 is 0 Å². The molecule has 88 valence electrons. The van der Waals surface area contributed by atoms with E-state index in [1.807, 2.05) is 0 Å². The van der Waals surface area contributed by atoms with Crippen LogP contribution in [0.5, 0.6) is 0 Å². The minimum Gasteiger partial charge on any atom is -0.314 e.